The van der Waals surface area contributed by atoms with Crippen molar-refractivity contribution in [2.75, 3.05) is 21.3 Å². The summed E-state index contributed by atoms with van der Waals surface area (Å²) in [5.41, 5.74) is 2.31. The Bertz CT molecular complexity index is 1190. The average molecular weight is 516 g/mol. The van der Waals surface area contributed by atoms with Crippen LogP contribution in [0.1, 0.15) is 12.5 Å². The number of nitrogens with zero attached hydrogens (tertiary/aromatic N) is 4. The van der Waals surface area contributed by atoms with Gasteiger partial charge < -0.3 is 28.3 Å². The molecule has 0 bridgehead atoms. The summed E-state index contributed by atoms with van der Waals surface area (Å²) in [6.07, 6.45) is 0.929. The molecule has 6 atom stereocenters. The highest BCUT2D eigenvalue weighted by Crippen LogP contribution is 2.27. The molecule has 0 N–H and O–H groups in total. The molecule has 1 aliphatic rings. The molecule has 11 nitrogen and oxygen atoms in total. The van der Waals surface area contributed by atoms with E-state index in [9.17, 15) is 8.76 Å². The Hall–Kier alpha value is -3.00. The zero-order valence-electron chi connectivity index (χ0n) is 20.2. The van der Waals surface area contributed by atoms with Gasteiger partial charge in [-0.1, -0.05) is 29.4 Å². The molecular weight excluding hydrogens is 488 g/mol. The summed E-state index contributed by atoms with van der Waals surface area (Å²) in [5, 5.41) is 8.55. The molecule has 4 rings (SSSR count). The van der Waals surface area contributed by atoms with Crippen molar-refractivity contribution >= 4 is 17.3 Å². The summed E-state index contributed by atoms with van der Waals surface area (Å²) >= 11 is -2.27. The number of methoxy groups -OCH3 is 3. The summed E-state index contributed by atoms with van der Waals surface area (Å²) in [6.45, 7) is 1.88. The van der Waals surface area contributed by atoms with Crippen LogP contribution in [0.4, 0.5) is 0 Å². The fraction of sp³-hybridized carbons (Fsp3) is 0.375. The summed E-state index contributed by atoms with van der Waals surface area (Å²) in [5.74, 6) is 0.525. The van der Waals surface area contributed by atoms with Crippen LogP contribution < -0.4 is 0 Å². The second-order valence-electron chi connectivity index (χ2n) is 8.01. The molecule has 2 heterocycles. The number of hydrogen-bond donors (Lipinski definition) is 0. The lowest BCUT2D eigenvalue weighted by atomic mass is 9.99. The van der Waals surface area contributed by atoms with E-state index in [4.69, 9.17) is 23.8 Å². The Labute approximate surface area is 211 Å². The van der Waals surface area contributed by atoms with Gasteiger partial charge in [0.2, 0.25) is 0 Å². The summed E-state index contributed by atoms with van der Waals surface area (Å²) in [7, 11) is 4.75. The van der Waals surface area contributed by atoms with Gasteiger partial charge in [0.25, 0.3) is 6.29 Å². The maximum absolute atomic E-state index is 11.0. The van der Waals surface area contributed by atoms with Gasteiger partial charge in [0.1, 0.15) is 18.5 Å². The van der Waals surface area contributed by atoms with Gasteiger partial charge in [-0.25, -0.2) is 9.67 Å². The maximum Gasteiger partial charge on any atom is 0.256 e. The van der Waals surface area contributed by atoms with Gasteiger partial charge >= 0.3 is 0 Å². The highest BCUT2D eigenvalue weighted by atomic mass is 32.2. The van der Waals surface area contributed by atoms with E-state index in [0.717, 1.165) is 11.1 Å². The molecule has 3 aromatic rings. The average Bonchev–Trinajstić information content (AvgIpc) is 3.39. The molecule has 1 saturated heterocycles. The molecule has 1 aliphatic heterocycles. The van der Waals surface area contributed by atoms with Gasteiger partial charge in [0.15, 0.2) is 11.9 Å². The topological polar surface area (TPSA) is 129 Å². The van der Waals surface area contributed by atoms with E-state index in [-0.39, 0.29) is 23.2 Å². The van der Waals surface area contributed by atoms with Crippen molar-refractivity contribution in [3.8, 4) is 17.1 Å². The number of oxime groups is 1. The van der Waals surface area contributed by atoms with Crippen LogP contribution in [0.2, 0.25) is 0 Å². The minimum atomic E-state index is -2.27. The lowest BCUT2D eigenvalue weighted by molar-refractivity contribution is -0.305. The first-order chi connectivity index (χ1) is 17.4. The lowest BCUT2D eigenvalue weighted by Gasteiger charge is -2.42. The fourth-order valence-electron chi connectivity index (χ4n) is 4.00. The van der Waals surface area contributed by atoms with Crippen LogP contribution in [0.15, 0.2) is 64.9 Å². The highest BCUT2D eigenvalue weighted by molar-refractivity contribution is 7.79. The van der Waals surface area contributed by atoms with Gasteiger partial charge in [-0.05, 0) is 47.8 Å². The largest absolute Gasteiger partial charge is 0.768 e. The second kappa shape index (κ2) is 11.8. The molecule has 12 heteroatoms. The molecule has 1 fully saturated rings. The summed E-state index contributed by atoms with van der Waals surface area (Å²) < 4.78 is 46.1. The van der Waals surface area contributed by atoms with E-state index >= 15 is 0 Å². The van der Waals surface area contributed by atoms with Gasteiger partial charge in [-0.2, -0.15) is 0 Å². The van der Waals surface area contributed by atoms with Crippen LogP contribution in [0.25, 0.3) is 17.1 Å². The maximum atomic E-state index is 11.0. The third kappa shape index (κ3) is 5.69. The van der Waals surface area contributed by atoms with E-state index in [1.165, 1.54) is 12.1 Å². The zero-order valence-corrected chi connectivity index (χ0v) is 21.0. The van der Waals surface area contributed by atoms with Crippen LogP contribution in [-0.2, 0) is 34.9 Å². The Balaban J connectivity index is 1.40. The molecule has 0 amide bonds. The Kier molecular flexibility index (Phi) is 8.56. The Morgan fingerprint density at radius 3 is 2.28 bits per heavy atom. The Morgan fingerprint density at radius 1 is 1.00 bits per heavy atom. The lowest BCUT2D eigenvalue weighted by Crippen LogP contribution is -2.59. The van der Waals surface area contributed by atoms with E-state index in [1.54, 1.807) is 50.7 Å². The standard InChI is InChI=1S/C24H28N4O7S/c1-15-20(31-2)21(32-3)22(33-4)24(34-15)35-26-13-16-5-7-17(8-6-16)23-25-14-28(27-23)18-9-11-19(12-10-18)36(29)30/h5-15,20-22,24H,1-4H3,(H,29,30)/p-1/b26-13+/t15-,20-,21+,22+,24-/m0/s1. The van der Waals surface area contributed by atoms with Gasteiger partial charge in [0.05, 0.1) is 18.0 Å². The van der Waals surface area contributed by atoms with Crippen molar-refractivity contribution < 1.29 is 32.5 Å². The van der Waals surface area contributed by atoms with Crippen LogP contribution in [0.5, 0.6) is 0 Å². The first kappa shape index (κ1) is 26.1. The normalized spacial score (nSPS) is 25.2. The molecule has 1 aromatic heterocycles. The number of hydrogen-bond acceptors (Lipinski definition) is 10. The number of ether oxygens (including phenoxy) is 4. The molecule has 0 spiro atoms. The van der Waals surface area contributed by atoms with Crippen molar-refractivity contribution in [3.05, 3.63) is 60.4 Å². The quantitative estimate of drug-likeness (QED) is 0.239. The first-order valence-electron chi connectivity index (χ1n) is 11.1. The van der Waals surface area contributed by atoms with Gasteiger partial charge in [-0.15, -0.1) is 5.10 Å². The van der Waals surface area contributed by atoms with Gasteiger partial charge in [0, 0.05) is 31.8 Å². The summed E-state index contributed by atoms with van der Waals surface area (Å²) in [4.78, 5) is 10.2. The monoisotopic (exact) mass is 515 g/mol. The second-order valence-corrected chi connectivity index (χ2v) is 8.95. The molecular formula is C24H27N4O7S-. The molecule has 0 aliphatic carbocycles. The van der Waals surface area contributed by atoms with E-state index < -0.39 is 23.5 Å². The van der Waals surface area contributed by atoms with E-state index in [2.05, 4.69) is 15.2 Å². The zero-order chi connectivity index (χ0) is 25.7. The fourth-order valence-corrected chi connectivity index (χ4v) is 4.36. The molecule has 0 radical (unpaired) electrons. The summed E-state index contributed by atoms with van der Waals surface area (Å²) in [6, 6.07) is 13.8. The van der Waals surface area contributed by atoms with Crippen LogP contribution >= 0.6 is 0 Å². The number of rotatable bonds is 9. The number of aromatic nitrogens is 3. The minimum absolute atomic E-state index is 0.209. The van der Waals surface area contributed by atoms with Gasteiger partial charge in [-0.3, -0.25) is 4.21 Å². The van der Waals surface area contributed by atoms with Crippen molar-refractivity contribution in [1.82, 2.24) is 14.8 Å². The molecule has 1 unspecified atom stereocenters. The van der Waals surface area contributed by atoms with Crippen molar-refractivity contribution in [2.45, 2.75) is 42.5 Å². The van der Waals surface area contributed by atoms with Crippen molar-refractivity contribution in [1.29, 1.82) is 0 Å². The van der Waals surface area contributed by atoms with E-state index in [1.807, 2.05) is 31.2 Å². The number of benzene rings is 2. The predicted molar refractivity (Wildman–Crippen MR) is 129 cm³/mol. The minimum Gasteiger partial charge on any atom is -0.768 e. The van der Waals surface area contributed by atoms with Crippen LogP contribution in [0.3, 0.4) is 0 Å². The SMILES string of the molecule is CO[C@@H]1[C@@H](OC)[C@H](C)O[C@@H](O/N=C/c2ccc(-c3ncn(-c4ccc(S(=O)[O-])cc4)n3)cc2)[C@@H]1OC. The van der Waals surface area contributed by atoms with Crippen molar-refractivity contribution in [2.24, 2.45) is 5.16 Å². The van der Waals surface area contributed by atoms with E-state index in [0.29, 0.717) is 11.5 Å². The molecule has 2 aromatic carbocycles. The Morgan fingerprint density at radius 2 is 1.67 bits per heavy atom. The highest BCUT2D eigenvalue weighted by Gasteiger charge is 2.46. The first-order valence-corrected chi connectivity index (χ1v) is 12.2. The van der Waals surface area contributed by atoms with Crippen LogP contribution in [-0.4, -0.2) is 81.8 Å². The predicted octanol–water partition coefficient (Wildman–Crippen LogP) is 2.31. The van der Waals surface area contributed by atoms with Crippen LogP contribution in [0, 0.1) is 0 Å². The third-order valence-electron chi connectivity index (χ3n) is 5.86. The smallest absolute Gasteiger partial charge is 0.256 e. The third-order valence-corrected chi connectivity index (χ3v) is 6.52. The molecule has 192 valence electrons. The molecule has 36 heavy (non-hydrogen) atoms. The van der Waals surface area contributed by atoms with Crippen molar-refractivity contribution in [3.63, 3.8) is 0 Å². The molecule has 0 saturated carbocycles.